The maximum Gasteiger partial charge on any atom is 0.0608 e. The van der Waals surface area contributed by atoms with Gasteiger partial charge in [-0.3, -0.25) is 0 Å². The zero-order chi connectivity index (χ0) is 13.9. The summed E-state index contributed by atoms with van der Waals surface area (Å²) >= 11 is 0. The van der Waals surface area contributed by atoms with E-state index in [0.717, 1.165) is 19.5 Å². The van der Waals surface area contributed by atoms with Crippen molar-refractivity contribution >= 4 is 5.69 Å². The average molecular weight is 262 g/mol. The van der Waals surface area contributed by atoms with Gasteiger partial charge in [-0.05, 0) is 51.8 Å². The van der Waals surface area contributed by atoms with Crippen LogP contribution in [-0.4, -0.2) is 30.8 Å². The van der Waals surface area contributed by atoms with E-state index in [1.807, 2.05) is 20.9 Å². The Morgan fingerprint density at radius 3 is 2.79 bits per heavy atom. The van der Waals surface area contributed by atoms with Gasteiger partial charge < -0.3 is 15.3 Å². The largest absolute Gasteiger partial charge is 0.390 e. The van der Waals surface area contributed by atoms with Crippen LogP contribution < -0.4 is 10.2 Å². The molecule has 0 aromatic heterocycles. The molecular weight excluding hydrogens is 236 g/mol. The monoisotopic (exact) mass is 262 g/mol. The van der Waals surface area contributed by atoms with Gasteiger partial charge >= 0.3 is 0 Å². The van der Waals surface area contributed by atoms with Crippen molar-refractivity contribution < 1.29 is 5.11 Å². The smallest absolute Gasteiger partial charge is 0.0608 e. The first-order chi connectivity index (χ1) is 9.01. The normalized spacial score (nSPS) is 20.0. The summed E-state index contributed by atoms with van der Waals surface area (Å²) in [6, 6.07) is 9.09. The van der Waals surface area contributed by atoms with Gasteiger partial charge in [-0.25, -0.2) is 0 Å². The first-order valence-electron chi connectivity index (χ1n) is 7.25. The fourth-order valence-electron chi connectivity index (χ4n) is 2.77. The maximum atomic E-state index is 9.93. The summed E-state index contributed by atoms with van der Waals surface area (Å²) in [5, 5.41) is 13.3. The number of rotatable bonds is 4. The average Bonchev–Trinajstić information content (AvgIpc) is 2.54. The van der Waals surface area contributed by atoms with Gasteiger partial charge in [0.2, 0.25) is 0 Å². The number of benzene rings is 1. The van der Waals surface area contributed by atoms with Gasteiger partial charge in [0, 0.05) is 24.8 Å². The van der Waals surface area contributed by atoms with E-state index in [4.69, 9.17) is 0 Å². The van der Waals surface area contributed by atoms with Gasteiger partial charge in [-0.1, -0.05) is 18.2 Å². The van der Waals surface area contributed by atoms with Crippen molar-refractivity contribution in [3.8, 4) is 0 Å². The third kappa shape index (κ3) is 3.71. The van der Waals surface area contributed by atoms with Crippen LogP contribution in [0.4, 0.5) is 5.69 Å². The molecule has 2 rings (SSSR count). The van der Waals surface area contributed by atoms with Crippen LogP contribution in [0.25, 0.3) is 0 Å². The summed E-state index contributed by atoms with van der Waals surface area (Å²) in [7, 11) is 2.04. The fraction of sp³-hybridized carbons (Fsp3) is 0.625. The summed E-state index contributed by atoms with van der Waals surface area (Å²) in [5.41, 5.74) is 2.12. The molecule has 1 aromatic rings. The van der Waals surface area contributed by atoms with Gasteiger partial charge in [0.25, 0.3) is 0 Å². The van der Waals surface area contributed by atoms with Crippen LogP contribution in [0.1, 0.15) is 44.7 Å². The summed E-state index contributed by atoms with van der Waals surface area (Å²) in [6.45, 7) is 5.75. The highest BCUT2D eigenvalue weighted by Gasteiger charge is 2.22. The summed E-state index contributed by atoms with van der Waals surface area (Å²) in [6.07, 6.45) is 3.16. The van der Waals surface area contributed by atoms with Crippen LogP contribution in [-0.2, 0) is 0 Å². The Morgan fingerprint density at radius 1 is 1.37 bits per heavy atom. The number of nitrogens with one attached hydrogen (secondary N) is 1. The van der Waals surface area contributed by atoms with Crippen molar-refractivity contribution in [2.24, 2.45) is 0 Å². The molecule has 0 bridgehead atoms. The number of anilines is 1. The molecule has 0 aliphatic carbocycles. The Labute approximate surface area is 116 Å². The topological polar surface area (TPSA) is 35.5 Å². The standard InChI is InChI=1S/C16H26N2O/c1-16(2,19)10-12-18-11-6-8-14(17-3)13-7-4-5-9-15(13)18/h4-5,7,9,14,17,19H,6,8,10-12H2,1-3H3. The molecule has 1 atom stereocenters. The lowest BCUT2D eigenvalue weighted by Crippen LogP contribution is -2.31. The minimum Gasteiger partial charge on any atom is -0.390 e. The fourth-order valence-corrected chi connectivity index (χ4v) is 2.77. The van der Waals surface area contributed by atoms with Crippen LogP contribution >= 0.6 is 0 Å². The molecule has 19 heavy (non-hydrogen) atoms. The molecule has 0 fully saturated rings. The SMILES string of the molecule is CNC1CCCN(CCC(C)(C)O)c2ccccc21. The highest BCUT2D eigenvalue weighted by Crippen LogP contribution is 2.32. The summed E-state index contributed by atoms with van der Waals surface area (Å²) < 4.78 is 0. The number of hydrogen-bond donors (Lipinski definition) is 2. The Morgan fingerprint density at radius 2 is 2.11 bits per heavy atom. The molecular formula is C16H26N2O. The van der Waals surface area contributed by atoms with Crippen molar-refractivity contribution in [3.63, 3.8) is 0 Å². The molecule has 0 saturated carbocycles. The first kappa shape index (κ1) is 14.4. The number of aliphatic hydroxyl groups is 1. The predicted octanol–water partition coefficient (Wildman–Crippen LogP) is 2.71. The maximum absolute atomic E-state index is 9.93. The second-order valence-corrected chi connectivity index (χ2v) is 6.09. The lowest BCUT2D eigenvalue weighted by atomic mass is 10.0. The van der Waals surface area contributed by atoms with E-state index in [1.165, 1.54) is 24.1 Å². The van der Waals surface area contributed by atoms with E-state index < -0.39 is 5.60 Å². The van der Waals surface area contributed by atoms with Gasteiger partial charge in [0.05, 0.1) is 5.60 Å². The second-order valence-electron chi connectivity index (χ2n) is 6.09. The van der Waals surface area contributed by atoms with Crippen molar-refractivity contribution in [2.75, 3.05) is 25.0 Å². The third-order valence-electron chi connectivity index (χ3n) is 3.92. The highest BCUT2D eigenvalue weighted by molar-refractivity contribution is 5.55. The van der Waals surface area contributed by atoms with Gasteiger partial charge in [-0.15, -0.1) is 0 Å². The van der Waals surface area contributed by atoms with E-state index in [1.54, 1.807) is 0 Å². The van der Waals surface area contributed by atoms with E-state index in [9.17, 15) is 5.11 Å². The Bertz CT molecular complexity index is 411. The van der Waals surface area contributed by atoms with Crippen molar-refractivity contribution in [3.05, 3.63) is 29.8 Å². The Kier molecular flexibility index (Phi) is 4.48. The molecule has 1 unspecified atom stereocenters. The quantitative estimate of drug-likeness (QED) is 0.876. The van der Waals surface area contributed by atoms with Crippen LogP contribution in [0.3, 0.4) is 0 Å². The Balaban J connectivity index is 2.20. The summed E-state index contributed by atoms with van der Waals surface area (Å²) in [5.74, 6) is 0. The number of fused-ring (bicyclic) bond motifs is 1. The molecule has 0 radical (unpaired) electrons. The predicted molar refractivity (Wildman–Crippen MR) is 80.6 cm³/mol. The van der Waals surface area contributed by atoms with Crippen LogP contribution in [0, 0.1) is 0 Å². The van der Waals surface area contributed by atoms with E-state index in [0.29, 0.717) is 6.04 Å². The lowest BCUT2D eigenvalue weighted by Gasteiger charge is -2.28. The van der Waals surface area contributed by atoms with Crippen LogP contribution in [0.2, 0.25) is 0 Å². The molecule has 3 heteroatoms. The van der Waals surface area contributed by atoms with E-state index in [2.05, 4.69) is 34.5 Å². The summed E-state index contributed by atoms with van der Waals surface area (Å²) in [4.78, 5) is 2.42. The molecule has 0 saturated heterocycles. The molecule has 3 nitrogen and oxygen atoms in total. The minimum absolute atomic E-state index is 0.448. The number of hydrogen-bond acceptors (Lipinski definition) is 3. The van der Waals surface area contributed by atoms with Crippen LogP contribution in [0.5, 0.6) is 0 Å². The molecule has 1 heterocycles. The molecule has 0 amide bonds. The molecule has 2 N–H and O–H groups in total. The molecule has 1 aromatic carbocycles. The third-order valence-corrected chi connectivity index (χ3v) is 3.92. The van der Waals surface area contributed by atoms with Crippen LogP contribution in [0.15, 0.2) is 24.3 Å². The highest BCUT2D eigenvalue weighted by atomic mass is 16.3. The lowest BCUT2D eigenvalue weighted by molar-refractivity contribution is 0.0731. The first-order valence-corrected chi connectivity index (χ1v) is 7.25. The molecule has 1 aliphatic heterocycles. The van der Waals surface area contributed by atoms with Crippen molar-refractivity contribution in [2.45, 2.75) is 44.8 Å². The molecule has 1 aliphatic rings. The minimum atomic E-state index is -0.594. The van der Waals surface area contributed by atoms with Gasteiger partial charge in [-0.2, -0.15) is 0 Å². The van der Waals surface area contributed by atoms with Gasteiger partial charge in [0.15, 0.2) is 0 Å². The van der Waals surface area contributed by atoms with Crippen molar-refractivity contribution in [1.29, 1.82) is 0 Å². The van der Waals surface area contributed by atoms with E-state index in [-0.39, 0.29) is 0 Å². The number of para-hydroxylation sites is 1. The zero-order valence-corrected chi connectivity index (χ0v) is 12.3. The molecule has 0 spiro atoms. The van der Waals surface area contributed by atoms with Crippen molar-refractivity contribution in [1.82, 2.24) is 5.32 Å². The Hall–Kier alpha value is -1.06. The zero-order valence-electron chi connectivity index (χ0n) is 12.3. The van der Waals surface area contributed by atoms with E-state index >= 15 is 0 Å². The molecule has 106 valence electrons. The van der Waals surface area contributed by atoms with Gasteiger partial charge in [0.1, 0.15) is 0 Å². The second kappa shape index (κ2) is 5.93. The number of nitrogens with zero attached hydrogens (tertiary/aromatic N) is 1.